The van der Waals surface area contributed by atoms with Crippen LogP contribution < -0.4 is 10.6 Å². The molecule has 1 atom stereocenters. The number of carbonyl (C=O) groups is 1. The fraction of sp³-hybridized carbons (Fsp3) is 0.833. The number of likely N-dealkylation sites (tertiary alicyclic amines) is 1. The van der Waals surface area contributed by atoms with E-state index in [1.54, 1.807) is 0 Å². The van der Waals surface area contributed by atoms with Crippen molar-refractivity contribution in [2.75, 3.05) is 39.3 Å². The lowest BCUT2D eigenvalue weighted by Crippen LogP contribution is -2.40. The third kappa shape index (κ3) is 6.09. The van der Waals surface area contributed by atoms with Gasteiger partial charge in [-0.15, -0.1) is 0 Å². The molecule has 0 spiro atoms. The summed E-state index contributed by atoms with van der Waals surface area (Å²) in [4.78, 5) is 14.7. The van der Waals surface area contributed by atoms with Gasteiger partial charge in [0, 0.05) is 25.6 Å². The van der Waals surface area contributed by atoms with Crippen LogP contribution in [0.1, 0.15) is 46.0 Å². The number of hydrogen-bond acceptors (Lipinski definition) is 3. The zero-order valence-corrected chi connectivity index (χ0v) is 14.4. The van der Waals surface area contributed by atoms with E-state index in [0.717, 1.165) is 51.4 Å². The third-order valence-electron chi connectivity index (χ3n) is 4.92. The van der Waals surface area contributed by atoms with Crippen LogP contribution in [0, 0.1) is 11.8 Å². The number of amides is 1. The van der Waals surface area contributed by atoms with Gasteiger partial charge in [0.2, 0.25) is 5.91 Å². The van der Waals surface area contributed by atoms with Gasteiger partial charge in [-0.1, -0.05) is 11.6 Å². The second-order valence-corrected chi connectivity index (χ2v) is 7.15. The van der Waals surface area contributed by atoms with Crippen molar-refractivity contribution in [2.45, 2.75) is 46.0 Å². The molecule has 0 saturated carbocycles. The number of nitrogens with one attached hydrogen (secondary N) is 2. The summed E-state index contributed by atoms with van der Waals surface area (Å²) in [6.45, 7) is 10.6. The Morgan fingerprint density at radius 3 is 2.77 bits per heavy atom. The number of rotatable bonds is 6. The summed E-state index contributed by atoms with van der Waals surface area (Å²) in [6.07, 6.45) is 8.04. The molecule has 0 aromatic carbocycles. The van der Waals surface area contributed by atoms with E-state index in [0.29, 0.717) is 0 Å². The minimum Gasteiger partial charge on any atom is -0.356 e. The van der Waals surface area contributed by atoms with Crippen molar-refractivity contribution in [2.24, 2.45) is 11.8 Å². The zero-order valence-electron chi connectivity index (χ0n) is 14.4. The van der Waals surface area contributed by atoms with E-state index in [4.69, 9.17) is 0 Å². The molecule has 0 aliphatic carbocycles. The van der Waals surface area contributed by atoms with Crippen molar-refractivity contribution >= 4 is 5.91 Å². The monoisotopic (exact) mass is 307 g/mol. The van der Waals surface area contributed by atoms with Crippen LogP contribution in [0.25, 0.3) is 0 Å². The smallest absolute Gasteiger partial charge is 0.223 e. The summed E-state index contributed by atoms with van der Waals surface area (Å²) in [6, 6.07) is 0. The van der Waals surface area contributed by atoms with Gasteiger partial charge in [-0.05, 0) is 71.5 Å². The Balaban J connectivity index is 1.63. The lowest BCUT2D eigenvalue weighted by Gasteiger charge is -2.32. The average Bonchev–Trinajstić information content (AvgIpc) is 2.54. The molecule has 2 aliphatic heterocycles. The first-order valence-corrected chi connectivity index (χ1v) is 8.99. The summed E-state index contributed by atoms with van der Waals surface area (Å²) < 4.78 is 0. The van der Waals surface area contributed by atoms with E-state index in [1.807, 2.05) is 0 Å². The Kier molecular flexibility index (Phi) is 7.40. The van der Waals surface area contributed by atoms with Crippen molar-refractivity contribution in [3.8, 4) is 0 Å². The summed E-state index contributed by atoms with van der Waals surface area (Å²) >= 11 is 0. The molecule has 2 aliphatic rings. The average molecular weight is 307 g/mol. The fourth-order valence-corrected chi connectivity index (χ4v) is 3.49. The summed E-state index contributed by atoms with van der Waals surface area (Å²) in [5.41, 5.74) is 1.40. The highest BCUT2D eigenvalue weighted by atomic mass is 16.1. The maximum absolute atomic E-state index is 12.1. The topological polar surface area (TPSA) is 44.4 Å². The Morgan fingerprint density at radius 1 is 1.27 bits per heavy atom. The van der Waals surface area contributed by atoms with Gasteiger partial charge >= 0.3 is 0 Å². The van der Waals surface area contributed by atoms with Gasteiger partial charge in [-0.25, -0.2) is 0 Å². The standard InChI is InChI=1S/C18H33N3O/c1-15(2)8-13-21-12-3-4-16(14-21)5-11-20-18(22)17-6-9-19-10-7-17/h8,16-17,19H,3-7,9-14H2,1-2H3,(H,20,22). The second-order valence-electron chi connectivity index (χ2n) is 7.15. The minimum atomic E-state index is 0.238. The van der Waals surface area contributed by atoms with Crippen molar-refractivity contribution in [1.29, 1.82) is 0 Å². The van der Waals surface area contributed by atoms with Gasteiger partial charge in [0.05, 0.1) is 0 Å². The van der Waals surface area contributed by atoms with Crippen LogP contribution in [0.5, 0.6) is 0 Å². The first-order chi connectivity index (χ1) is 10.6. The number of piperidine rings is 2. The molecular weight excluding hydrogens is 274 g/mol. The van der Waals surface area contributed by atoms with E-state index >= 15 is 0 Å². The molecule has 0 bridgehead atoms. The van der Waals surface area contributed by atoms with Crippen LogP contribution in [-0.4, -0.2) is 50.1 Å². The van der Waals surface area contributed by atoms with E-state index in [2.05, 4.69) is 35.5 Å². The van der Waals surface area contributed by atoms with Crippen molar-refractivity contribution < 1.29 is 4.79 Å². The SMILES string of the molecule is CC(C)=CCN1CCCC(CCNC(=O)C2CCNCC2)C1. The molecule has 0 aromatic rings. The molecule has 4 heteroatoms. The summed E-state index contributed by atoms with van der Waals surface area (Å²) in [5, 5.41) is 6.48. The van der Waals surface area contributed by atoms with Crippen LogP contribution in [0.4, 0.5) is 0 Å². The lowest BCUT2D eigenvalue weighted by molar-refractivity contribution is -0.125. The third-order valence-corrected chi connectivity index (χ3v) is 4.92. The highest BCUT2D eigenvalue weighted by Crippen LogP contribution is 2.19. The predicted molar refractivity (Wildman–Crippen MR) is 91.8 cm³/mol. The summed E-state index contributed by atoms with van der Waals surface area (Å²) in [5.74, 6) is 1.26. The number of carbonyl (C=O) groups excluding carboxylic acids is 1. The summed E-state index contributed by atoms with van der Waals surface area (Å²) in [7, 11) is 0. The van der Waals surface area contributed by atoms with Gasteiger partial charge in [-0.2, -0.15) is 0 Å². The van der Waals surface area contributed by atoms with Crippen molar-refractivity contribution in [1.82, 2.24) is 15.5 Å². The quantitative estimate of drug-likeness (QED) is 0.739. The number of hydrogen-bond donors (Lipinski definition) is 2. The molecule has 2 N–H and O–H groups in total. The van der Waals surface area contributed by atoms with E-state index < -0.39 is 0 Å². The largest absolute Gasteiger partial charge is 0.356 e. The highest BCUT2D eigenvalue weighted by Gasteiger charge is 2.22. The fourth-order valence-electron chi connectivity index (χ4n) is 3.49. The second kappa shape index (κ2) is 9.31. The maximum Gasteiger partial charge on any atom is 0.223 e. The van der Waals surface area contributed by atoms with Gasteiger partial charge in [0.15, 0.2) is 0 Å². The van der Waals surface area contributed by atoms with Crippen molar-refractivity contribution in [3.05, 3.63) is 11.6 Å². The van der Waals surface area contributed by atoms with Gasteiger partial charge in [0.1, 0.15) is 0 Å². The van der Waals surface area contributed by atoms with Crippen LogP contribution >= 0.6 is 0 Å². The van der Waals surface area contributed by atoms with Gasteiger partial charge in [-0.3, -0.25) is 9.69 Å². The molecule has 2 rings (SSSR count). The molecule has 0 radical (unpaired) electrons. The molecule has 0 aromatic heterocycles. The Morgan fingerprint density at radius 2 is 2.05 bits per heavy atom. The Labute approximate surface area is 135 Å². The number of allylic oxidation sites excluding steroid dienone is 1. The Hall–Kier alpha value is -0.870. The first kappa shape index (κ1) is 17.5. The van der Waals surface area contributed by atoms with Crippen LogP contribution in [0.15, 0.2) is 11.6 Å². The predicted octanol–water partition coefficient (Wildman–Crippen LogP) is 2.17. The normalized spacial score (nSPS) is 24.0. The zero-order chi connectivity index (χ0) is 15.8. The maximum atomic E-state index is 12.1. The van der Waals surface area contributed by atoms with Crippen LogP contribution in [0.3, 0.4) is 0 Å². The molecule has 2 heterocycles. The first-order valence-electron chi connectivity index (χ1n) is 8.99. The van der Waals surface area contributed by atoms with Crippen LogP contribution in [0.2, 0.25) is 0 Å². The van der Waals surface area contributed by atoms with Gasteiger partial charge < -0.3 is 10.6 Å². The van der Waals surface area contributed by atoms with Gasteiger partial charge in [0.25, 0.3) is 0 Å². The molecule has 2 fully saturated rings. The van der Waals surface area contributed by atoms with E-state index in [1.165, 1.54) is 31.5 Å². The van der Waals surface area contributed by atoms with Crippen LogP contribution in [-0.2, 0) is 4.79 Å². The molecule has 126 valence electrons. The van der Waals surface area contributed by atoms with E-state index in [9.17, 15) is 4.79 Å². The number of nitrogens with zero attached hydrogens (tertiary/aromatic N) is 1. The minimum absolute atomic E-state index is 0.238. The molecule has 22 heavy (non-hydrogen) atoms. The molecular formula is C18H33N3O. The molecule has 2 saturated heterocycles. The molecule has 1 unspecified atom stereocenters. The highest BCUT2D eigenvalue weighted by molar-refractivity contribution is 5.78. The van der Waals surface area contributed by atoms with Crippen molar-refractivity contribution in [3.63, 3.8) is 0 Å². The molecule has 1 amide bonds. The van der Waals surface area contributed by atoms with E-state index in [-0.39, 0.29) is 11.8 Å². The molecule has 4 nitrogen and oxygen atoms in total. The lowest BCUT2D eigenvalue weighted by atomic mass is 9.94. The Bertz CT molecular complexity index is 371.